The molecule has 3 aromatic carbocycles. The minimum atomic E-state index is -0.294. The number of anilines is 2. The number of amides is 2. The molecule has 0 bridgehead atoms. The van der Waals surface area contributed by atoms with Crippen molar-refractivity contribution in [3.8, 4) is 17.2 Å². The topological polar surface area (TPSA) is 85.9 Å². The number of hydrogen-bond acceptors (Lipinski definition) is 5. The summed E-state index contributed by atoms with van der Waals surface area (Å²) >= 11 is 0. The third-order valence-electron chi connectivity index (χ3n) is 4.66. The molecule has 0 aromatic heterocycles. The van der Waals surface area contributed by atoms with Gasteiger partial charge in [-0.25, -0.2) is 0 Å². The summed E-state index contributed by atoms with van der Waals surface area (Å²) in [5, 5.41) is 5.61. The summed E-state index contributed by atoms with van der Waals surface area (Å²) in [7, 11) is 0. The SMILES string of the molecule is CCOc1cc(C(=O)Nc2cc(NC(C)=O)ccc2C)ccc1OCCOc1ccccc1. The van der Waals surface area contributed by atoms with Crippen LogP contribution in [0.5, 0.6) is 17.2 Å². The van der Waals surface area contributed by atoms with Crippen LogP contribution in [0.1, 0.15) is 29.8 Å². The molecule has 2 N–H and O–H groups in total. The van der Waals surface area contributed by atoms with Gasteiger partial charge in [-0.3, -0.25) is 9.59 Å². The predicted octanol–water partition coefficient (Wildman–Crippen LogP) is 5.06. The Kier molecular flexibility index (Phi) is 8.30. The van der Waals surface area contributed by atoms with Crippen molar-refractivity contribution in [2.24, 2.45) is 0 Å². The Morgan fingerprint density at radius 3 is 2.30 bits per heavy atom. The smallest absolute Gasteiger partial charge is 0.255 e. The van der Waals surface area contributed by atoms with Crippen LogP contribution >= 0.6 is 0 Å². The molecular formula is C26H28N2O5. The standard InChI is InChI=1S/C26H28N2O5/c1-4-31-25-16-20(11-13-24(25)33-15-14-32-22-8-6-5-7-9-22)26(30)28-23-17-21(27-19(3)29)12-10-18(23)2/h5-13,16-17H,4,14-15H2,1-3H3,(H,27,29)(H,28,30). The number of benzene rings is 3. The molecule has 0 aliphatic heterocycles. The number of hydrogen-bond donors (Lipinski definition) is 2. The second kappa shape index (κ2) is 11.6. The first kappa shape index (κ1) is 23.7. The summed E-state index contributed by atoms with van der Waals surface area (Å²) in [5.74, 6) is 1.32. The number of carbonyl (C=O) groups excluding carboxylic acids is 2. The van der Waals surface area contributed by atoms with Gasteiger partial charge in [-0.15, -0.1) is 0 Å². The van der Waals surface area contributed by atoms with Crippen LogP contribution in [0, 0.1) is 6.92 Å². The molecule has 7 nitrogen and oxygen atoms in total. The largest absolute Gasteiger partial charge is 0.490 e. The Morgan fingerprint density at radius 2 is 1.58 bits per heavy atom. The Morgan fingerprint density at radius 1 is 0.818 bits per heavy atom. The monoisotopic (exact) mass is 448 g/mol. The van der Waals surface area contributed by atoms with E-state index in [0.29, 0.717) is 48.3 Å². The first-order valence-corrected chi connectivity index (χ1v) is 10.7. The van der Waals surface area contributed by atoms with Gasteiger partial charge in [0.2, 0.25) is 5.91 Å². The van der Waals surface area contributed by atoms with Crippen molar-refractivity contribution in [3.63, 3.8) is 0 Å². The molecule has 0 aliphatic carbocycles. The highest BCUT2D eigenvalue weighted by molar-refractivity contribution is 6.05. The lowest BCUT2D eigenvalue weighted by Gasteiger charge is -2.15. The van der Waals surface area contributed by atoms with Crippen LogP contribution < -0.4 is 24.8 Å². The van der Waals surface area contributed by atoms with Crippen LogP contribution in [0.25, 0.3) is 0 Å². The fraction of sp³-hybridized carbons (Fsp3) is 0.231. The zero-order valence-electron chi connectivity index (χ0n) is 19.0. The summed E-state index contributed by atoms with van der Waals surface area (Å²) < 4.78 is 17.1. The fourth-order valence-corrected chi connectivity index (χ4v) is 3.10. The average molecular weight is 449 g/mol. The van der Waals surface area contributed by atoms with Crippen LogP contribution in [-0.4, -0.2) is 31.6 Å². The molecule has 33 heavy (non-hydrogen) atoms. The van der Waals surface area contributed by atoms with E-state index >= 15 is 0 Å². The van der Waals surface area contributed by atoms with Crippen LogP contribution in [0.3, 0.4) is 0 Å². The van der Waals surface area contributed by atoms with E-state index in [1.807, 2.05) is 50.2 Å². The number of aryl methyl sites for hydroxylation is 1. The van der Waals surface area contributed by atoms with Crippen molar-refractivity contribution < 1.29 is 23.8 Å². The van der Waals surface area contributed by atoms with Crippen LogP contribution in [0.15, 0.2) is 66.7 Å². The lowest BCUT2D eigenvalue weighted by molar-refractivity contribution is -0.114. The Labute approximate surface area is 193 Å². The van der Waals surface area contributed by atoms with Crippen molar-refractivity contribution in [2.45, 2.75) is 20.8 Å². The van der Waals surface area contributed by atoms with E-state index in [1.165, 1.54) is 6.92 Å². The Hall–Kier alpha value is -4.00. The summed E-state index contributed by atoms with van der Waals surface area (Å²) in [6, 6.07) is 19.9. The summed E-state index contributed by atoms with van der Waals surface area (Å²) in [6.07, 6.45) is 0. The number of rotatable bonds is 10. The molecule has 0 spiro atoms. The maximum Gasteiger partial charge on any atom is 0.255 e. The van der Waals surface area contributed by atoms with Gasteiger partial charge < -0.3 is 24.8 Å². The number of ether oxygens (including phenoxy) is 3. The van der Waals surface area contributed by atoms with Crippen LogP contribution in [-0.2, 0) is 4.79 Å². The third-order valence-corrected chi connectivity index (χ3v) is 4.66. The first-order chi connectivity index (χ1) is 16.0. The van der Waals surface area contributed by atoms with Gasteiger partial charge in [0, 0.05) is 23.9 Å². The molecule has 7 heteroatoms. The number of carbonyl (C=O) groups is 2. The fourth-order valence-electron chi connectivity index (χ4n) is 3.10. The second-order valence-electron chi connectivity index (χ2n) is 7.27. The molecule has 172 valence electrons. The molecular weight excluding hydrogens is 420 g/mol. The van der Waals surface area contributed by atoms with E-state index in [4.69, 9.17) is 14.2 Å². The van der Waals surface area contributed by atoms with Gasteiger partial charge in [0.25, 0.3) is 5.91 Å². The van der Waals surface area contributed by atoms with Gasteiger partial charge in [-0.05, 0) is 61.9 Å². The third kappa shape index (κ3) is 7.00. The van der Waals surface area contributed by atoms with E-state index in [9.17, 15) is 9.59 Å². The Balaban J connectivity index is 1.66. The minimum Gasteiger partial charge on any atom is -0.490 e. The van der Waals surface area contributed by atoms with Crippen molar-refractivity contribution in [1.29, 1.82) is 0 Å². The van der Waals surface area contributed by atoms with Gasteiger partial charge in [0.15, 0.2) is 11.5 Å². The molecule has 0 unspecified atom stereocenters. The normalized spacial score (nSPS) is 10.3. The summed E-state index contributed by atoms with van der Waals surface area (Å²) in [5.41, 5.74) is 2.53. The molecule has 3 rings (SSSR count). The number of nitrogens with one attached hydrogen (secondary N) is 2. The van der Waals surface area contributed by atoms with E-state index in [2.05, 4.69) is 10.6 Å². The molecule has 0 heterocycles. The molecule has 0 saturated carbocycles. The van der Waals surface area contributed by atoms with E-state index in [1.54, 1.807) is 30.3 Å². The van der Waals surface area contributed by atoms with Crippen molar-refractivity contribution in [1.82, 2.24) is 0 Å². The van der Waals surface area contributed by atoms with Gasteiger partial charge in [0.05, 0.1) is 6.61 Å². The van der Waals surface area contributed by atoms with E-state index in [0.717, 1.165) is 11.3 Å². The first-order valence-electron chi connectivity index (χ1n) is 10.7. The molecule has 3 aromatic rings. The molecule has 0 fully saturated rings. The van der Waals surface area contributed by atoms with E-state index in [-0.39, 0.29) is 11.8 Å². The molecule has 0 atom stereocenters. The van der Waals surface area contributed by atoms with Crippen LogP contribution in [0.4, 0.5) is 11.4 Å². The highest BCUT2D eigenvalue weighted by Gasteiger charge is 2.13. The van der Waals surface area contributed by atoms with Gasteiger partial charge >= 0.3 is 0 Å². The minimum absolute atomic E-state index is 0.178. The Bertz CT molecular complexity index is 1100. The lowest BCUT2D eigenvalue weighted by atomic mass is 10.1. The van der Waals surface area contributed by atoms with Gasteiger partial charge in [0.1, 0.15) is 19.0 Å². The second-order valence-corrected chi connectivity index (χ2v) is 7.27. The lowest BCUT2D eigenvalue weighted by Crippen LogP contribution is -2.14. The van der Waals surface area contributed by atoms with Crippen LogP contribution in [0.2, 0.25) is 0 Å². The zero-order valence-corrected chi connectivity index (χ0v) is 19.0. The summed E-state index contributed by atoms with van der Waals surface area (Å²) in [6.45, 7) is 6.32. The van der Waals surface area contributed by atoms with Crippen molar-refractivity contribution >= 4 is 23.2 Å². The molecule has 0 saturated heterocycles. The van der Waals surface area contributed by atoms with E-state index < -0.39 is 0 Å². The maximum atomic E-state index is 12.9. The predicted molar refractivity (Wildman–Crippen MR) is 128 cm³/mol. The quantitative estimate of drug-likeness (QED) is 0.423. The zero-order chi connectivity index (χ0) is 23.6. The molecule has 0 radical (unpaired) electrons. The van der Waals surface area contributed by atoms with Gasteiger partial charge in [-0.2, -0.15) is 0 Å². The van der Waals surface area contributed by atoms with Crippen molar-refractivity contribution in [2.75, 3.05) is 30.5 Å². The van der Waals surface area contributed by atoms with Gasteiger partial charge in [-0.1, -0.05) is 24.3 Å². The molecule has 0 aliphatic rings. The highest BCUT2D eigenvalue weighted by Crippen LogP contribution is 2.29. The average Bonchev–Trinajstić information content (AvgIpc) is 2.80. The maximum absolute atomic E-state index is 12.9. The highest BCUT2D eigenvalue weighted by atomic mass is 16.5. The molecule has 2 amide bonds. The summed E-state index contributed by atoms with van der Waals surface area (Å²) in [4.78, 5) is 24.2. The number of para-hydroxylation sites is 1. The van der Waals surface area contributed by atoms with Crippen molar-refractivity contribution in [3.05, 3.63) is 77.9 Å².